The van der Waals surface area contributed by atoms with Crippen molar-refractivity contribution in [3.63, 3.8) is 0 Å². The van der Waals surface area contributed by atoms with Crippen LogP contribution < -0.4 is 5.73 Å². The zero-order valence-electron chi connectivity index (χ0n) is 14.6. The zero-order valence-corrected chi connectivity index (χ0v) is 15.4. The van der Waals surface area contributed by atoms with E-state index in [-0.39, 0.29) is 12.2 Å². The van der Waals surface area contributed by atoms with Gasteiger partial charge in [-0.2, -0.15) is 0 Å². The number of benzene rings is 2. The van der Waals surface area contributed by atoms with Crippen LogP contribution in [0.5, 0.6) is 0 Å². The van der Waals surface area contributed by atoms with Gasteiger partial charge in [-0.15, -0.1) is 0 Å². The number of rotatable bonds is 5. The van der Waals surface area contributed by atoms with E-state index < -0.39 is 23.2 Å². The normalized spacial score (nSPS) is 23.2. The molecule has 4 nitrogen and oxygen atoms in total. The molecule has 0 spiro atoms. The van der Waals surface area contributed by atoms with Crippen LogP contribution in [0.2, 0.25) is 5.02 Å². The van der Waals surface area contributed by atoms with Crippen LogP contribution >= 0.6 is 11.6 Å². The summed E-state index contributed by atoms with van der Waals surface area (Å²) in [5.41, 5.74) is 6.78. The summed E-state index contributed by atoms with van der Waals surface area (Å²) in [7, 11) is 0. The first-order chi connectivity index (χ1) is 12.4. The average Bonchev–Trinajstić information content (AvgIpc) is 2.95. The first kappa shape index (κ1) is 18.8. The molecule has 3 rings (SSSR count). The van der Waals surface area contributed by atoms with Gasteiger partial charge < -0.3 is 10.5 Å². The van der Waals surface area contributed by atoms with Gasteiger partial charge in [-0.25, -0.2) is 4.39 Å². The fraction of sp³-hybridized carbons (Fsp3) is 0.350. The summed E-state index contributed by atoms with van der Waals surface area (Å²) in [4.78, 5) is 14.6. The van der Waals surface area contributed by atoms with Crippen molar-refractivity contribution in [1.29, 1.82) is 0 Å². The molecule has 1 aliphatic heterocycles. The molecule has 0 aromatic heterocycles. The summed E-state index contributed by atoms with van der Waals surface area (Å²) >= 11 is 6.06. The summed E-state index contributed by atoms with van der Waals surface area (Å²) in [5, 5.41) is 0.385. The van der Waals surface area contributed by atoms with Gasteiger partial charge in [-0.3, -0.25) is 9.69 Å². The van der Waals surface area contributed by atoms with E-state index in [9.17, 15) is 9.18 Å². The first-order valence-electron chi connectivity index (χ1n) is 8.61. The van der Waals surface area contributed by atoms with Crippen molar-refractivity contribution >= 4 is 17.6 Å². The third-order valence-electron chi connectivity index (χ3n) is 4.80. The lowest BCUT2D eigenvalue weighted by Gasteiger charge is -2.30. The lowest BCUT2D eigenvalue weighted by atomic mass is 9.81. The Bertz CT molecular complexity index is 787. The summed E-state index contributed by atoms with van der Waals surface area (Å²) in [5.74, 6) is -1.54. The van der Waals surface area contributed by atoms with E-state index in [2.05, 4.69) is 4.90 Å². The molecule has 0 radical (unpaired) electrons. The number of likely N-dealkylation sites (tertiary alicyclic amines) is 1. The number of halogens is 2. The largest absolute Gasteiger partial charge is 0.466 e. The van der Waals surface area contributed by atoms with Crippen molar-refractivity contribution in [2.75, 3.05) is 19.7 Å². The van der Waals surface area contributed by atoms with Crippen molar-refractivity contribution < 1.29 is 13.9 Å². The number of nitrogens with two attached hydrogens (primary N) is 1. The maximum atomic E-state index is 14.5. The minimum Gasteiger partial charge on any atom is -0.466 e. The number of hydrogen-bond acceptors (Lipinski definition) is 4. The zero-order chi connectivity index (χ0) is 18.7. The van der Waals surface area contributed by atoms with Crippen LogP contribution in [0.1, 0.15) is 18.1 Å². The van der Waals surface area contributed by atoms with Gasteiger partial charge in [-0.1, -0.05) is 41.9 Å². The van der Waals surface area contributed by atoms with Gasteiger partial charge >= 0.3 is 5.97 Å². The molecule has 1 aliphatic rings. The predicted molar refractivity (Wildman–Crippen MR) is 99.1 cm³/mol. The fourth-order valence-electron chi connectivity index (χ4n) is 3.58. The molecular weight excluding hydrogens is 355 g/mol. The highest BCUT2D eigenvalue weighted by Crippen LogP contribution is 2.38. The first-order valence-corrected chi connectivity index (χ1v) is 8.99. The molecule has 0 unspecified atom stereocenters. The third-order valence-corrected chi connectivity index (χ3v) is 5.03. The maximum absolute atomic E-state index is 14.5. The Morgan fingerprint density at radius 3 is 2.77 bits per heavy atom. The van der Waals surface area contributed by atoms with E-state index in [0.29, 0.717) is 24.7 Å². The van der Waals surface area contributed by atoms with Gasteiger partial charge in [0, 0.05) is 30.2 Å². The van der Waals surface area contributed by atoms with Crippen LogP contribution in [-0.4, -0.2) is 30.6 Å². The predicted octanol–water partition coefficient (Wildman–Crippen LogP) is 3.33. The van der Waals surface area contributed by atoms with Crippen LogP contribution in [0.4, 0.5) is 4.39 Å². The second-order valence-corrected chi connectivity index (χ2v) is 7.06. The van der Waals surface area contributed by atoms with Crippen molar-refractivity contribution in [2.24, 2.45) is 11.7 Å². The number of hydrogen-bond donors (Lipinski definition) is 1. The van der Waals surface area contributed by atoms with E-state index in [1.165, 1.54) is 18.2 Å². The highest BCUT2D eigenvalue weighted by molar-refractivity contribution is 6.30. The molecule has 0 amide bonds. The molecule has 0 bridgehead atoms. The quantitative estimate of drug-likeness (QED) is 0.813. The van der Waals surface area contributed by atoms with E-state index >= 15 is 0 Å². The second-order valence-electron chi connectivity index (χ2n) is 6.62. The van der Waals surface area contributed by atoms with Gasteiger partial charge in [0.25, 0.3) is 0 Å². The molecule has 2 N–H and O–H groups in total. The van der Waals surface area contributed by atoms with Crippen molar-refractivity contribution in [2.45, 2.75) is 19.0 Å². The monoisotopic (exact) mass is 376 g/mol. The van der Waals surface area contributed by atoms with E-state index in [1.54, 1.807) is 6.92 Å². The van der Waals surface area contributed by atoms with E-state index in [0.717, 1.165) is 5.56 Å². The number of nitrogens with zero attached hydrogens (tertiary/aromatic N) is 1. The molecule has 26 heavy (non-hydrogen) atoms. The minimum atomic E-state index is -1.20. The molecule has 1 heterocycles. The molecule has 0 saturated carbocycles. The molecule has 6 heteroatoms. The Morgan fingerprint density at radius 1 is 1.35 bits per heavy atom. The Labute approximate surface area is 157 Å². The molecule has 2 aromatic carbocycles. The van der Waals surface area contributed by atoms with Gasteiger partial charge in [0.1, 0.15) is 5.82 Å². The number of ether oxygens (including phenoxy) is 1. The third kappa shape index (κ3) is 3.75. The summed E-state index contributed by atoms with van der Waals surface area (Å²) in [6.07, 6.45) is 0. The van der Waals surface area contributed by atoms with Gasteiger partial charge in [0.15, 0.2) is 0 Å². The van der Waals surface area contributed by atoms with Crippen LogP contribution in [0.3, 0.4) is 0 Å². The molecular formula is C20H22ClFN2O2. The van der Waals surface area contributed by atoms with Gasteiger partial charge in [-0.05, 0) is 30.7 Å². The summed E-state index contributed by atoms with van der Waals surface area (Å²) in [6.45, 7) is 3.35. The number of esters is 1. The van der Waals surface area contributed by atoms with E-state index in [1.807, 2.05) is 30.3 Å². The Kier molecular flexibility index (Phi) is 5.61. The van der Waals surface area contributed by atoms with Gasteiger partial charge in [0.2, 0.25) is 0 Å². The summed E-state index contributed by atoms with van der Waals surface area (Å²) in [6, 6.07) is 14.2. The summed E-state index contributed by atoms with van der Waals surface area (Å²) < 4.78 is 19.7. The van der Waals surface area contributed by atoms with Gasteiger partial charge in [0.05, 0.1) is 18.1 Å². The lowest BCUT2D eigenvalue weighted by Crippen LogP contribution is -2.48. The standard InChI is InChI=1S/C20H22ClFN2O2/c1-2-26-19(25)17-12-24(11-14-6-4-3-5-7-14)13-20(17,23)16-10-15(21)8-9-18(16)22/h3-10,17H,2,11-13,23H2,1H3/t17-,20-/m1/s1. The van der Waals surface area contributed by atoms with Crippen LogP contribution in [0.25, 0.3) is 0 Å². The molecule has 1 fully saturated rings. The van der Waals surface area contributed by atoms with Crippen molar-refractivity contribution in [3.8, 4) is 0 Å². The average molecular weight is 377 g/mol. The SMILES string of the molecule is CCOC(=O)[C@H]1CN(Cc2ccccc2)C[C@@]1(N)c1cc(Cl)ccc1F. The smallest absolute Gasteiger partial charge is 0.312 e. The Balaban J connectivity index is 1.94. The fourth-order valence-corrected chi connectivity index (χ4v) is 3.75. The molecule has 1 saturated heterocycles. The van der Waals surface area contributed by atoms with Crippen LogP contribution in [-0.2, 0) is 21.6 Å². The Morgan fingerprint density at radius 2 is 2.08 bits per heavy atom. The topological polar surface area (TPSA) is 55.6 Å². The highest BCUT2D eigenvalue weighted by Gasteiger charge is 2.50. The molecule has 2 aromatic rings. The molecule has 0 aliphatic carbocycles. The molecule has 2 atom stereocenters. The van der Waals surface area contributed by atoms with E-state index in [4.69, 9.17) is 22.1 Å². The second kappa shape index (κ2) is 7.74. The number of carbonyl (C=O) groups excluding carboxylic acids is 1. The van der Waals surface area contributed by atoms with Crippen molar-refractivity contribution in [1.82, 2.24) is 4.90 Å². The molecule has 138 valence electrons. The lowest BCUT2D eigenvalue weighted by molar-refractivity contribution is -0.149. The Hall–Kier alpha value is -1.95. The van der Waals surface area contributed by atoms with Crippen LogP contribution in [0.15, 0.2) is 48.5 Å². The van der Waals surface area contributed by atoms with Crippen molar-refractivity contribution in [3.05, 3.63) is 70.5 Å². The number of carbonyl (C=O) groups is 1. The maximum Gasteiger partial charge on any atom is 0.312 e. The minimum absolute atomic E-state index is 0.249. The van der Waals surface area contributed by atoms with Crippen LogP contribution in [0, 0.1) is 11.7 Å². The highest BCUT2D eigenvalue weighted by atomic mass is 35.5.